The number of azo groups is 1. The molecule has 200 valence electrons. The summed E-state index contributed by atoms with van der Waals surface area (Å²) in [4.78, 5) is 16.9. The number of nitrogens with one attached hydrogen (secondary N) is 2. The first-order valence-electron chi connectivity index (χ1n) is 12.9. The minimum Gasteiger partial charge on any atom is -0.497 e. The first kappa shape index (κ1) is 27.4. The van der Waals surface area contributed by atoms with Crippen molar-refractivity contribution >= 4 is 34.6 Å². The fourth-order valence-corrected chi connectivity index (χ4v) is 4.66. The highest BCUT2D eigenvalue weighted by Gasteiger charge is 2.21. The van der Waals surface area contributed by atoms with Crippen molar-refractivity contribution in [3.05, 3.63) is 70.7 Å². The van der Waals surface area contributed by atoms with E-state index in [0.29, 0.717) is 10.6 Å². The van der Waals surface area contributed by atoms with E-state index in [1.807, 2.05) is 80.3 Å². The van der Waals surface area contributed by atoms with E-state index in [4.69, 9.17) is 16.3 Å². The predicted molar refractivity (Wildman–Crippen MR) is 155 cm³/mol. The highest BCUT2D eigenvalue weighted by atomic mass is 35.5. The van der Waals surface area contributed by atoms with Crippen molar-refractivity contribution in [3.8, 4) is 16.9 Å². The van der Waals surface area contributed by atoms with Crippen LogP contribution in [0.2, 0.25) is 5.02 Å². The number of ether oxygens (including phenoxy) is 1. The summed E-state index contributed by atoms with van der Waals surface area (Å²) in [5, 5.41) is 16.2. The van der Waals surface area contributed by atoms with Crippen molar-refractivity contribution in [2.24, 2.45) is 10.2 Å². The third-order valence-electron chi connectivity index (χ3n) is 6.61. The summed E-state index contributed by atoms with van der Waals surface area (Å²) in [5.41, 5.74) is 6.07. The number of piperazine rings is 1. The molecule has 0 radical (unpaired) electrons. The summed E-state index contributed by atoms with van der Waals surface area (Å²) in [6.45, 7) is 9.35. The van der Waals surface area contributed by atoms with Crippen LogP contribution in [0.3, 0.4) is 0 Å². The minimum atomic E-state index is -0.428. The Morgan fingerprint density at radius 3 is 2.42 bits per heavy atom. The van der Waals surface area contributed by atoms with Crippen LogP contribution in [0, 0.1) is 6.92 Å². The van der Waals surface area contributed by atoms with Crippen molar-refractivity contribution in [2.75, 3.05) is 51.0 Å². The first-order chi connectivity index (χ1) is 18.4. The van der Waals surface area contributed by atoms with Crippen molar-refractivity contribution < 1.29 is 9.53 Å². The van der Waals surface area contributed by atoms with E-state index < -0.39 is 6.29 Å². The highest BCUT2D eigenvalue weighted by molar-refractivity contribution is 6.33. The Balaban J connectivity index is 0.00000164. The van der Waals surface area contributed by atoms with Crippen LogP contribution >= 0.6 is 11.6 Å². The zero-order chi connectivity index (χ0) is 27.2. The number of carbonyl (C=O) groups is 1. The van der Waals surface area contributed by atoms with E-state index in [-0.39, 0.29) is 5.91 Å². The van der Waals surface area contributed by atoms with Gasteiger partial charge in [-0.3, -0.25) is 4.79 Å². The highest BCUT2D eigenvalue weighted by Crippen LogP contribution is 2.40. The van der Waals surface area contributed by atoms with E-state index in [0.717, 1.165) is 65.7 Å². The maximum Gasteiger partial charge on any atom is 0.253 e. The number of nitrogens with zero attached hydrogens (tertiary/aromatic N) is 4. The van der Waals surface area contributed by atoms with Gasteiger partial charge in [-0.1, -0.05) is 25.4 Å². The van der Waals surface area contributed by atoms with E-state index in [1.165, 1.54) is 0 Å². The molecule has 2 N–H and O–H groups in total. The lowest BCUT2D eigenvalue weighted by molar-refractivity contribution is 0.0664. The van der Waals surface area contributed by atoms with Gasteiger partial charge in [-0.05, 0) is 79.7 Å². The minimum absolute atomic E-state index is 0.0708. The standard InChI is InChI=1S/C27H29ClN6O2.C2H6/c1-17-14-24-25(16-21(17)22-15-20(36-3)8-9-23(22)28)31-32-27(30-24)29-19-6-4-18(5-7-19)26(35)34-12-10-33(2)11-13-34;1-2/h4-9,14-16,27,29-30H,10-13H2,1-3H3;1-2H3. The second-order valence-corrected chi connectivity index (χ2v) is 9.52. The van der Waals surface area contributed by atoms with Crippen molar-refractivity contribution in [3.63, 3.8) is 0 Å². The molecule has 0 bridgehead atoms. The molecule has 1 unspecified atom stereocenters. The van der Waals surface area contributed by atoms with Gasteiger partial charge in [0.15, 0.2) is 0 Å². The number of rotatable bonds is 5. The van der Waals surface area contributed by atoms with Crippen LogP contribution in [-0.2, 0) is 0 Å². The van der Waals surface area contributed by atoms with Gasteiger partial charge < -0.3 is 25.2 Å². The Morgan fingerprint density at radius 1 is 1.03 bits per heavy atom. The molecule has 3 aromatic carbocycles. The summed E-state index contributed by atoms with van der Waals surface area (Å²) >= 11 is 6.48. The average molecular weight is 535 g/mol. The molecule has 1 amide bonds. The number of carbonyl (C=O) groups excluding carboxylic acids is 1. The molecule has 3 aromatic rings. The number of amides is 1. The van der Waals surface area contributed by atoms with Gasteiger partial charge in [0.1, 0.15) is 11.4 Å². The second kappa shape index (κ2) is 12.3. The van der Waals surface area contributed by atoms with Gasteiger partial charge in [-0.15, -0.1) is 10.2 Å². The SMILES string of the molecule is CC.COc1ccc(Cl)c(-c2cc3c(cc2C)NC(Nc2ccc(C(=O)N4CCN(C)CC4)cc2)N=N3)c1. The van der Waals surface area contributed by atoms with Gasteiger partial charge in [0, 0.05) is 48.0 Å². The lowest BCUT2D eigenvalue weighted by atomic mass is 9.98. The number of fused-ring (bicyclic) bond motifs is 1. The maximum atomic E-state index is 12.8. The molecule has 2 aliphatic heterocycles. The van der Waals surface area contributed by atoms with Crippen molar-refractivity contribution in [1.29, 1.82) is 0 Å². The molecule has 0 aromatic heterocycles. The van der Waals surface area contributed by atoms with Crippen LogP contribution in [-0.4, -0.2) is 62.3 Å². The smallest absolute Gasteiger partial charge is 0.253 e. The largest absolute Gasteiger partial charge is 0.497 e. The van der Waals surface area contributed by atoms with Crippen LogP contribution < -0.4 is 15.4 Å². The van der Waals surface area contributed by atoms with Crippen molar-refractivity contribution in [2.45, 2.75) is 27.1 Å². The average Bonchev–Trinajstić information content (AvgIpc) is 2.94. The number of halogens is 1. The Kier molecular flexibility index (Phi) is 8.86. The first-order valence-corrected chi connectivity index (χ1v) is 13.3. The summed E-state index contributed by atoms with van der Waals surface area (Å²) in [7, 11) is 3.71. The molecule has 0 aliphatic carbocycles. The van der Waals surface area contributed by atoms with Gasteiger partial charge in [-0.25, -0.2) is 0 Å². The quantitative estimate of drug-likeness (QED) is 0.383. The fraction of sp³-hybridized carbons (Fsp3) is 0.345. The Bertz CT molecular complexity index is 1300. The molecule has 5 rings (SSSR count). The van der Waals surface area contributed by atoms with Gasteiger partial charge in [0.05, 0.1) is 12.8 Å². The Hall–Kier alpha value is -3.62. The molecule has 9 heteroatoms. The third-order valence-corrected chi connectivity index (χ3v) is 6.93. The van der Waals surface area contributed by atoms with E-state index >= 15 is 0 Å². The number of anilines is 2. The molecule has 1 atom stereocenters. The lowest BCUT2D eigenvalue weighted by Gasteiger charge is -2.32. The van der Waals surface area contributed by atoms with Gasteiger partial charge in [-0.2, -0.15) is 0 Å². The van der Waals surface area contributed by atoms with Gasteiger partial charge in [0.25, 0.3) is 5.91 Å². The van der Waals surface area contributed by atoms with E-state index in [9.17, 15) is 4.79 Å². The number of hydrogen-bond donors (Lipinski definition) is 2. The van der Waals surface area contributed by atoms with Crippen LogP contribution in [0.25, 0.3) is 11.1 Å². The molecule has 2 aliphatic rings. The molecule has 2 heterocycles. The van der Waals surface area contributed by atoms with Crippen molar-refractivity contribution in [1.82, 2.24) is 9.80 Å². The normalized spacial score (nSPS) is 16.6. The van der Waals surface area contributed by atoms with Crippen LogP contribution in [0.5, 0.6) is 5.75 Å². The fourth-order valence-electron chi connectivity index (χ4n) is 4.44. The monoisotopic (exact) mass is 534 g/mol. The Morgan fingerprint density at radius 2 is 1.74 bits per heavy atom. The van der Waals surface area contributed by atoms with E-state index in [1.54, 1.807) is 7.11 Å². The number of aryl methyl sites for hydroxylation is 1. The predicted octanol–water partition coefficient (Wildman–Crippen LogP) is 6.64. The molecule has 1 fully saturated rings. The second-order valence-electron chi connectivity index (χ2n) is 9.11. The number of hydrogen-bond acceptors (Lipinski definition) is 7. The molecule has 0 saturated carbocycles. The van der Waals surface area contributed by atoms with Crippen LogP contribution in [0.4, 0.5) is 17.1 Å². The number of benzene rings is 3. The summed E-state index contributed by atoms with van der Waals surface area (Å²) < 4.78 is 5.37. The number of methoxy groups -OCH3 is 1. The lowest BCUT2D eigenvalue weighted by Crippen LogP contribution is -2.47. The van der Waals surface area contributed by atoms with Crippen LogP contribution in [0.15, 0.2) is 64.8 Å². The molecular weight excluding hydrogens is 500 g/mol. The summed E-state index contributed by atoms with van der Waals surface area (Å²) in [5.74, 6) is 0.813. The molecular formula is C29H35ClN6O2. The molecule has 0 spiro atoms. The number of likely N-dealkylation sites (N-methyl/N-ethyl adjacent to an activating group) is 1. The van der Waals surface area contributed by atoms with Gasteiger partial charge in [0.2, 0.25) is 6.29 Å². The van der Waals surface area contributed by atoms with Crippen LogP contribution in [0.1, 0.15) is 29.8 Å². The third kappa shape index (κ3) is 6.09. The summed E-state index contributed by atoms with van der Waals surface area (Å²) in [6.07, 6.45) is -0.428. The molecule has 1 saturated heterocycles. The zero-order valence-corrected chi connectivity index (χ0v) is 23.3. The zero-order valence-electron chi connectivity index (χ0n) is 22.6. The molecule has 8 nitrogen and oxygen atoms in total. The topological polar surface area (TPSA) is 81.6 Å². The maximum absolute atomic E-state index is 12.8. The molecule has 38 heavy (non-hydrogen) atoms. The van der Waals surface area contributed by atoms with E-state index in [2.05, 4.69) is 32.8 Å². The Labute approximate surface area is 229 Å². The summed E-state index contributed by atoms with van der Waals surface area (Å²) in [6, 6.07) is 17.1. The van der Waals surface area contributed by atoms with Gasteiger partial charge >= 0.3 is 0 Å².